The Morgan fingerprint density at radius 3 is 2.61 bits per heavy atom. The van der Waals surface area contributed by atoms with Gasteiger partial charge in [0, 0.05) is 37.4 Å². The van der Waals surface area contributed by atoms with Gasteiger partial charge in [-0.25, -0.2) is 0 Å². The van der Waals surface area contributed by atoms with E-state index in [-0.39, 0.29) is 30.7 Å². The number of ether oxygens (including phenoxy) is 1. The summed E-state index contributed by atoms with van der Waals surface area (Å²) in [6.07, 6.45) is 3.81. The SMILES string of the molecule is COc1ccc(C(CNC(=O)CCC(=O)N2CCc3sccc3C2)N2CCCC2)cc1. The van der Waals surface area contributed by atoms with Crippen molar-refractivity contribution >= 4 is 23.2 Å². The fourth-order valence-corrected chi connectivity index (χ4v) is 5.37. The first-order valence-corrected chi connectivity index (χ1v) is 12.0. The number of rotatable bonds is 8. The molecule has 6 nitrogen and oxygen atoms in total. The molecule has 0 spiro atoms. The quantitative estimate of drug-likeness (QED) is 0.682. The van der Waals surface area contributed by atoms with Crippen LogP contribution in [-0.4, -0.2) is 54.9 Å². The van der Waals surface area contributed by atoms with Gasteiger partial charge < -0.3 is 15.0 Å². The summed E-state index contributed by atoms with van der Waals surface area (Å²) in [5.41, 5.74) is 2.43. The topological polar surface area (TPSA) is 61.9 Å². The number of thiophene rings is 1. The van der Waals surface area contributed by atoms with E-state index in [0.29, 0.717) is 13.1 Å². The number of carbonyl (C=O) groups excluding carboxylic acids is 2. The fourth-order valence-electron chi connectivity index (χ4n) is 4.48. The Labute approximate surface area is 188 Å². The lowest BCUT2D eigenvalue weighted by atomic mass is 10.0. The molecular formula is C24H31N3O3S. The number of amides is 2. The molecule has 1 N–H and O–H groups in total. The van der Waals surface area contributed by atoms with E-state index in [2.05, 4.69) is 33.8 Å². The Morgan fingerprint density at radius 1 is 1.10 bits per heavy atom. The molecule has 3 heterocycles. The van der Waals surface area contributed by atoms with E-state index in [0.717, 1.165) is 31.8 Å². The summed E-state index contributed by atoms with van der Waals surface area (Å²) >= 11 is 1.76. The molecule has 7 heteroatoms. The number of likely N-dealkylation sites (tertiary alicyclic amines) is 1. The number of carbonyl (C=O) groups is 2. The molecule has 4 rings (SSSR count). The molecule has 2 aromatic rings. The molecular weight excluding hydrogens is 410 g/mol. The van der Waals surface area contributed by atoms with E-state index >= 15 is 0 Å². The molecule has 166 valence electrons. The average molecular weight is 442 g/mol. The number of methoxy groups -OCH3 is 1. The molecule has 1 saturated heterocycles. The number of hydrogen-bond acceptors (Lipinski definition) is 5. The average Bonchev–Trinajstić information content (AvgIpc) is 3.49. The first kappa shape index (κ1) is 21.8. The Balaban J connectivity index is 1.28. The standard InChI is InChI=1S/C24H31N3O3S/c1-30-20-6-4-18(5-7-20)21(26-12-2-3-13-26)16-25-23(28)8-9-24(29)27-14-10-22-19(17-27)11-15-31-22/h4-7,11,15,21H,2-3,8-10,12-14,16-17H2,1H3,(H,25,28). The highest BCUT2D eigenvalue weighted by atomic mass is 32.1. The lowest BCUT2D eigenvalue weighted by Gasteiger charge is -2.28. The number of nitrogens with zero attached hydrogens (tertiary/aromatic N) is 2. The van der Waals surface area contributed by atoms with Crippen molar-refractivity contribution in [3.05, 3.63) is 51.7 Å². The predicted molar refractivity (Wildman–Crippen MR) is 122 cm³/mol. The molecule has 31 heavy (non-hydrogen) atoms. The maximum absolute atomic E-state index is 12.6. The Morgan fingerprint density at radius 2 is 1.87 bits per heavy atom. The Bertz CT molecular complexity index is 890. The highest BCUT2D eigenvalue weighted by Gasteiger charge is 2.25. The summed E-state index contributed by atoms with van der Waals surface area (Å²) in [4.78, 5) is 30.8. The van der Waals surface area contributed by atoms with Crippen molar-refractivity contribution in [2.45, 2.75) is 44.7 Å². The van der Waals surface area contributed by atoms with Gasteiger partial charge in [-0.1, -0.05) is 12.1 Å². The van der Waals surface area contributed by atoms with Crippen LogP contribution in [0.1, 0.15) is 47.7 Å². The minimum Gasteiger partial charge on any atom is -0.497 e. The summed E-state index contributed by atoms with van der Waals surface area (Å²) in [7, 11) is 1.66. The second kappa shape index (κ2) is 10.3. The lowest BCUT2D eigenvalue weighted by molar-refractivity contribution is -0.134. The van der Waals surface area contributed by atoms with E-state index in [1.165, 1.54) is 28.8 Å². The second-order valence-corrected chi connectivity index (χ2v) is 9.27. The van der Waals surface area contributed by atoms with Crippen molar-refractivity contribution < 1.29 is 14.3 Å². The van der Waals surface area contributed by atoms with E-state index < -0.39 is 0 Å². The van der Waals surface area contributed by atoms with Gasteiger partial charge in [0.05, 0.1) is 13.2 Å². The normalized spacial score (nSPS) is 17.3. The molecule has 1 atom stereocenters. The summed E-state index contributed by atoms with van der Waals surface area (Å²) in [5, 5.41) is 5.16. The van der Waals surface area contributed by atoms with Crippen molar-refractivity contribution in [3.63, 3.8) is 0 Å². The smallest absolute Gasteiger partial charge is 0.223 e. The number of nitrogens with one attached hydrogen (secondary N) is 1. The van der Waals surface area contributed by atoms with Crippen LogP contribution in [0.25, 0.3) is 0 Å². The van der Waals surface area contributed by atoms with Crippen LogP contribution < -0.4 is 10.1 Å². The van der Waals surface area contributed by atoms with Crippen LogP contribution in [-0.2, 0) is 22.6 Å². The van der Waals surface area contributed by atoms with Crippen LogP contribution in [0.5, 0.6) is 5.75 Å². The van der Waals surface area contributed by atoms with Crippen LogP contribution in [0.15, 0.2) is 35.7 Å². The van der Waals surface area contributed by atoms with Crippen molar-refractivity contribution in [2.24, 2.45) is 0 Å². The van der Waals surface area contributed by atoms with Gasteiger partial charge in [0.1, 0.15) is 5.75 Å². The molecule has 1 unspecified atom stereocenters. The molecule has 2 aliphatic rings. The van der Waals surface area contributed by atoms with E-state index in [1.807, 2.05) is 17.0 Å². The zero-order chi connectivity index (χ0) is 21.6. The zero-order valence-corrected chi connectivity index (χ0v) is 19.0. The van der Waals surface area contributed by atoms with Crippen molar-refractivity contribution in [1.29, 1.82) is 0 Å². The van der Waals surface area contributed by atoms with Gasteiger partial charge in [0.2, 0.25) is 11.8 Å². The highest BCUT2D eigenvalue weighted by Crippen LogP contribution is 2.27. The van der Waals surface area contributed by atoms with Crippen LogP contribution in [0, 0.1) is 0 Å². The number of fused-ring (bicyclic) bond motifs is 1. The largest absolute Gasteiger partial charge is 0.497 e. The molecule has 1 aromatic carbocycles. The van der Waals surface area contributed by atoms with Gasteiger partial charge in [-0.3, -0.25) is 14.5 Å². The van der Waals surface area contributed by atoms with Crippen LogP contribution in [0.3, 0.4) is 0 Å². The molecule has 2 amide bonds. The van der Waals surface area contributed by atoms with Crippen molar-refractivity contribution in [2.75, 3.05) is 33.3 Å². The van der Waals surface area contributed by atoms with Crippen LogP contribution >= 0.6 is 11.3 Å². The van der Waals surface area contributed by atoms with Gasteiger partial charge in [0.25, 0.3) is 0 Å². The zero-order valence-electron chi connectivity index (χ0n) is 18.1. The molecule has 1 fully saturated rings. The molecule has 0 bridgehead atoms. The van der Waals surface area contributed by atoms with E-state index in [9.17, 15) is 9.59 Å². The minimum atomic E-state index is -0.0562. The van der Waals surface area contributed by atoms with Gasteiger partial charge in [-0.2, -0.15) is 0 Å². The molecule has 2 aliphatic heterocycles. The number of benzene rings is 1. The summed E-state index contributed by atoms with van der Waals surface area (Å²) < 4.78 is 5.27. The van der Waals surface area contributed by atoms with E-state index in [1.54, 1.807) is 18.4 Å². The molecule has 0 saturated carbocycles. The second-order valence-electron chi connectivity index (χ2n) is 8.27. The maximum Gasteiger partial charge on any atom is 0.223 e. The summed E-state index contributed by atoms with van der Waals surface area (Å²) in [6.45, 7) is 4.08. The predicted octanol–water partition coefficient (Wildman–Crippen LogP) is 3.37. The minimum absolute atomic E-state index is 0.0562. The molecule has 1 aromatic heterocycles. The van der Waals surface area contributed by atoms with Gasteiger partial charge in [0.15, 0.2) is 0 Å². The van der Waals surface area contributed by atoms with Gasteiger partial charge in [-0.05, 0) is 67.1 Å². The van der Waals surface area contributed by atoms with Gasteiger partial charge >= 0.3 is 0 Å². The van der Waals surface area contributed by atoms with Gasteiger partial charge in [-0.15, -0.1) is 11.3 Å². The molecule has 0 radical (unpaired) electrons. The molecule has 0 aliphatic carbocycles. The number of hydrogen-bond donors (Lipinski definition) is 1. The third-order valence-electron chi connectivity index (χ3n) is 6.30. The third-order valence-corrected chi connectivity index (χ3v) is 7.32. The first-order valence-electron chi connectivity index (χ1n) is 11.1. The van der Waals surface area contributed by atoms with E-state index in [4.69, 9.17) is 4.74 Å². The van der Waals surface area contributed by atoms with Crippen molar-refractivity contribution in [3.8, 4) is 5.75 Å². The Hall–Kier alpha value is -2.38. The van der Waals surface area contributed by atoms with Crippen LogP contribution in [0.2, 0.25) is 0 Å². The fraction of sp³-hybridized carbons (Fsp3) is 0.500. The highest BCUT2D eigenvalue weighted by molar-refractivity contribution is 7.10. The Kier molecular flexibility index (Phi) is 7.25. The third kappa shape index (κ3) is 5.46. The summed E-state index contributed by atoms with van der Waals surface area (Å²) in [5.74, 6) is 0.844. The first-order chi connectivity index (χ1) is 15.1. The monoisotopic (exact) mass is 441 g/mol. The lowest BCUT2D eigenvalue weighted by Crippen LogP contribution is -2.38. The summed E-state index contributed by atoms with van der Waals surface area (Å²) in [6, 6.07) is 10.3. The van der Waals surface area contributed by atoms with Crippen LogP contribution in [0.4, 0.5) is 0 Å². The maximum atomic E-state index is 12.6. The van der Waals surface area contributed by atoms with Crippen molar-refractivity contribution in [1.82, 2.24) is 15.1 Å².